The van der Waals surface area contributed by atoms with Crippen LogP contribution in [0.1, 0.15) is 13.8 Å². The minimum absolute atomic E-state index is 0. The Morgan fingerprint density at radius 1 is 1.19 bits per heavy atom. The van der Waals surface area contributed by atoms with Crippen molar-refractivity contribution in [1.29, 1.82) is 0 Å². The van der Waals surface area contributed by atoms with Crippen LogP contribution in [0.5, 0.6) is 0 Å². The van der Waals surface area contributed by atoms with Crippen molar-refractivity contribution in [1.82, 2.24) is 9.97 Å². The molecule has 0 bridgehead atoms. The molecule has 0 spiro atoms. The minimum Gasteiger partial charge on any atom is -0.357 e. The van der Waals surface area contributed by atoms with Crippen LogP contribution in [0.25, 0.3) is 11.3 Å². The van der Waals surface area contributed by atoms with Crippen LogP contribution >= 0.6 is 12.4 Å². The van der Waals surface area contributed by atoms with Gasteiger partial charge in [0, 0.05) is 36.9 Å². The largest absolute Gasteiger partial charge is 0.357 e. The summed E-state index contributed by atoms with van der Waals surface area (Å²) in [5, 5.41) is 10.8. The summed E-state index contributed by atoms with van der Waals surface area (Å²) in [6, 6.07) is 8.31. The molecule has 0 unspecified atom stereocenters. The van der Waals surface area contributed by atoms with Crippen molar-refractivity contribution >= 4 is 23.9 Å². The maximum Gasteiger partial charge on any atom is 0.270 e. The van der Waals surface area contributed by atoms with Crippen LogP contribution in [-0.4, -0.2) is 28.0 Å². The van der Waals surface area contributed by atoms with Crippen molar-refractivity contribution in [3.8, 4) is 11.3 Å². The first-order valence-corrected chi connectivity index (χ1v) is 6.47. The lowest BCUT2D eigenvalue weighted by Gasteiger charge is -2.19. The minimum atomic E-state index is -0.407. The summed E-state index contributed by atoms with van der Waals surface area (Å²) in [5.41, 5.74) is 1.46. The van der Waals surface area contributed by atoms with Crippen molar-refractivity contribution in [3.05, 3.63) is 46.8 Å². The van der Waals surface area contributed by atoms with Gasteiger partial charge in [-0.2, -0.15) is 0 Å². The molecule has 0 saturated heterocycles. The molecule has 6 nitrogen and oxygen atoms in total. The van der Waals surface area contributed by atoms with Gasteiger partial charge in [0.1, 0.15) is 12.1 Å². The summed E-state index contributed by atoms with van der Waals surface area (Å²) < 4.78 is 0. The Morgan fingerprint density at radius 3 is 2.52 bits per heavy atom. The second-order valence-corrected chi connectivity index (χ2v) is 4.24. The van der Waals surface area contributed by atoms with E-state index in [1.54, 1.807) is 12.1 Å². The molecule has 1 heterocycles. The average Bonchev–Trinajstić information content (AvgIpc) is 2.49. The molecule has 0 atom stereocenters. The van der Waals surface area contributed by atoms with E-state index in [9.17, 15) is 10.1 Å². The third-order valence-corrected chi connectivity index (χ3v) is 3.09. The van der Waals surface area contributed by atoms with Crippen LogP contribution in [0.3, 0.4) is 0 Å². The second-order valence-electron chi connectivity index (χ2n) is 4.24. The van der Waals surface area contributed by atoms with Crippen LogP contribution < -0.4 is 4.90 Å². The molecule has 1 aromatic heterocycles. The van der Waals surface area contributed by atoms with Gasteiger partial charge in [0.25, 0.3) is 5.69 Å². The number of aromatic nitrogens is 2. The molecule has 0 aliphatic rings. The van der Waals surface area contributed by atoms with Crippen LogP contribution in [0.2, 0.25) is 0 Å². The highest BCUT2D eigenvalue weighted by Gasteiger charge is 2.10. The van der Waals surface area contributed by atoms with Gasteiger partial charge in [-0.3, -0.25) is 10.1 Å². The first kappa shape index (κ1) is 16.8. The molecule has 2 rings (SSSR count). The van der Waals surface area contributed by atoms with Crippen LogP contribution in [-0.2, 0) is 0 Å². The number of nitrogens with zero attached hydrogens (tertiary/aromatic N) is 4. The van der Waals surface area contributed by atoms with Gasteiger partial charge in [-0.25, -0.2) is 9.97 Å². The number of nitro groups is 1. The summed E-state index contributed by atoms with van der Waals surface area (Å²) in [4.78, 5) is 21.0. The van der Waals surface area contributed by atoms with E-state index in [1.807, 2.05) is 6.07 Å². The summed E-state index contributed by atoms with van der Waals surface area (Å²) in [6.45, 7) is 5.81. The van der Waals surface area contributed by atoms with Gasteiger partial charge in [0.15, 0.2) is 0 Å². The number of hydrogen-bond acceptors (Lipinski definition) is 5. The van der Waals surface area contributed by atoms with Gasteiger partial charge >= 0.3 is 0 Å². The molecule has 0 radical (unpaired) electrons. The zero-order chi connectivity index (χ0) is 14.5. The zero-order valence-corrected chi connectivity index (χ0v) is 12.7. The molecule has 112 valence electrons. The van der Waals surface area contributed by atoms with E-state index in [0.29, 0.717) is 5.69 Å². The molecule has 1 aromatic carbocycles. The first-order valence-electron chi connectivity index (χ1n) is 6.47. The molecule has 0 aliphatic carbocycles. The number of non-ortho nitro benzene ring substituents is 1. The van der Waals surface area contributed by atoms with E-state index in [0.717, 1.165) is 24.5 Å². The summed E-state index contributed by atoms with van der Waals surface area (Å²) >= 11 is 0. The normalized spacial score (nSPS) is 9.81. The van der Waals surface area contributed by atoms with Crippen LogP contribution in [0, 0.1) is 10.1 Å². The lowest BCUT2D eigenvalue weighted by Crippen LogP contribution is -2.22. The number of anilines is 1. The third kappa shape index (κ3) is 3.88. The van der Waals surface area contributed by atoms with Gasteiger partial charge in [-0.1, -0.05) is 12.1 Å². The standard InChI is InChI=1S/C14H16N4O2.ClH/c1-3-17(4-2)14-9-13(15-10-16-14)11-6-5-7-12(8-11)18(19)20;/h5-10H,3-4H2,1-2H3;1H. The molecule has 0 saturated carbocycles. The lowest BCUT2D eigenvalue weighted by atomic mass is 10.1. The summed E-state index contributed by atoms with van der Waals surface area (Å²) in [5.74, 6) is 0.825. The van der Waals surface area contributed by atoms with Gasteiger partial charge in [-0.05, 0) is 13.8 Å². The SMILES string of the molecule is CCN(CC)c1cc(-c2cccc([N+](=O)[O-])c2)ncn1.Cl. The van der Waals surface area contributed by atoms with Crippen molar-refractivity contribution in [2.24, 2.45) is 0 Å². The molecule has 0 N–H and O–H groups in total. The van der Waals surface area contributed by atoms with E-state index in [1.165, 1.54) is 18.5 Å². The molecule has 0 aliphatic heterocycles. The molecule has 21 heavy (non-hydrogen) atoms. The highest BCUT2D eigenvalue weighted by molar-refractivity contribution is 5.85. The number of hydrogen-bond donors (Lipinski definition) is 0. The van der Waals surface area contributed by atoms with E-state index >= 15 is 0 Å². The maximum atomic E-state index is 10.8. The van der Waals surface area contributed by atoms with Crippen LogP contribution in [0.4, 0.5) is 11.5 Å². The van der Waals surface area contributed by atoms with Gasteiger partial charge in [0.2, 0.25) is 0 Å². The van der Waals surface area contributed by atoms with Crippen molar-refractivity contribution < 1.29 is 4.92 Å². The highest BCUT2D eigenvalue weighted by atomic mass is 35.5. The van der Waals surface area contributed by atoms with Crippen LogP contribution in [0.15, 0.2) is 36.7 Å². The zero-order valence-electron chi connectivity index (χ0n) is 11.9. The van der Waals surface area contributed by atoms with Crippen molar-refractivity contribution in [3.63, 3.8) is 0 Å². The molecular weight excluding hydrogens is 292 g/mol. The maximum absolute atomic E-state index is 10.8. The average molecular weight is 309 g/mol. The molecule has 0 amide bonds. The predicted molar refractivity (Wildman–Crippen MR) is 84.9 cm³/mol. The van der Waals surface area contributed by atoms with E-state index in [2.05, 4.69) is 28.7 Å². The lowest BCUT2D eigenvalue weighted by molar-refractivity contribution is -0.384. The monoisotopic (exact) mass is 308 g/mol. The Bertz CT molecular complexity index is 617. The first-order chi connectivity index (χ1) is 9.65. The quantitative estimate of drug-likeness (QED) is 0.626. The Labute approximate surface area is 129 Å². The summed E-state index contributed by atoms with van der Waals surface area (Å²) in [7, 11) is 0. The molecular formula is C14H17ClN4O2. The third-order valence-electron chi connectivity index (χ3n) is 3.09. The van der Waals surface area contributed by atoms with Gasteiger partial charge in [-0.15, -0.1) is 12.4 Å². The second kappa shape index (κ2) is 7.54. The van der Waals surface area contributed by atoms with E-state index in [4.69, 9.17) is 0 Å². The number of nitro benzene ring substituents is 1. The number of benzene rings is 1. The Hall–Kier alpha value is -2.21. The molecule has 2 aromatic rings. The van der Waals surface area contributed by atoms with Gasteiger partial charge < -0.3 is 4.90 Å². The fourth-order valence-corrected chi connectivity index (χ4v) is 2.00. The van der Waals surface area contributed by atoms with Gasteiger partial charge in [0.05, 0.1) is 10.6 Å². The van der Waals surface area contributed by atoms with E-state index < -0.39 is 4.92 Å². The topological polar surface area (TPSA) is 72.2 Å². The molecule has 0 fully saturated rings. The van der Waals surface area contributed by atoms with E-state index in [-0.39, 0.29) is 18.1 Å². The smallest absolute Gasteiger partial charge is 0.270 e. The Balaban J connectivity index is 0.00000220. The summed E-state index contributed by atoms with van der Waals surface area (Å²) in [6.07, 6.45) is 1.49. The predicted octanol–water partition coefficient (Wildman–Crippen LogP) is 3.32. The fraction of sp³-hybridized carbons (Fsp3) is 0.286. The van der Waals surface area contributed by atoms with Crippen molar-refractivity contribution in [2.75, 3.05) is 18.0 Å². The van der Waals surface area contributed by atoms with Crippen molar-refractivity contribution in [2.45, 2.75) is 13.8 Å². The highest BCUT2D eigenvalue weighted by Crippen LogP contribution is 2.24. The Morgan fingerprint density at radius 2 is 1.90 bits per heavy atom. The number of rotatable bonds is 5. The molecule has 7 heteroatoms. The number of halogens is 1. The fourth-order valence-electron chi connectivity index (χ4n) is 2.00. The Kier molecular flexibility index (Phi) is 6.05.